The van der Waals surface area contributed by atoms with Crippen molar-refractivity contribution in [3.05, 3.63) is 17.0 Å². The van der Waals surface area contributed by atoms with Gasteiger partial charge in [-0.15, -0.1) is 0 Å². The zero-order chi connectivity index (χ0) is 15.5. The van der Waals surface area contributed by atoms with E-state index >= 15 is 0 Å². The predicted molar refractivity (Wildman–Crippen MR) is 75.6 cm³/mol. The molecular formula is C14H23N3O3. The van der Waals surface area contributed by atoms with Crippen molar-refractivity contribution in [3.8, 4) is 0 Å². The lowest BCUT2D eigenvalue weighted by Gasteiger charge is -2.23. The lowest BCUT2D eigenvalue weighted by Crippen LogP contribution is -2.35. The number of rotatable bonds is 5. The van der Waals surface area contributed by atoms with Gasteiger partial charge in [-0.1, -0.05) is 20.8 Å². The third-order valence-electron chi connectivity index (χ3n) is 3.07. The minimum absolute atomic E-state index is 0.102. The summed E-state index contributed by atoms with van der Waals surface area (Å²) in [4.78, 5) is 23.3. The van der Waals surface area contributed by atoms with Crippen LogP contribution in [0.25, 0.3) is 0 Å². The smallest absolute Gasteiger partial charge is 0.308 e. The number of amides is 1. The molecular weight excluding hydrogens is 258 g/mol. The number of carbonyl (C=O) groups is 2. The minimum Gasteiger partial charge on any atom is -0.481 e. The van der Waals surface area contributed by atoms with Gasteiger partial charge in [-0.2, -0.15) is 5.10 Å². The summed E-state index contributed by atoms with van der Waals surface area (Å²) in [6, 6.07) is 0. The van der Waals surface area contributed by atoms with Gasteiger partial charge in [0, 0.05) is 12.2 Å². The lowest BCUT2D eigenvalue weighted by molar-refractivity contribution is -0.142. The summed E-state index contributed by atoms with van der Waals surface area (Å²) in [5, 5.41) is 18.6. The normalized spacial score (nSPS) is 13.1. The highest BCUT2D eigenvalue weighted by Gasteiger charge is 2.25. The number of aromatic nitrogens is 2. The van der Waals surface area contributed by atoms with E-state index in [1.807, 2.05) is 20.8 Å². The van der Waals surface area contributed by atoms with Crippen LogP contribution in [-0.4, -0.2) is 33.7 Å². The molecule has 3 N–H and O–H groups in total. The maximum atomic E-state index is 12.1. The SMILES string of the molecule is Cc1n[nH]c(C)c1C(=O)NCC(CC(C)(C)C)C(=O)O. The second-order valence-electron chi connectivity index (χ2n) is 6.32. The summed E-state index contributed by atoms with van der Waals surface area (Å²) in [5.74, 6) is -1.76. The number of hydrogen-bond acceptors (Lipinski definition) is 3. The maximum absolute atomic E-state index is 12.1. The molecule has 6 heteroatoms. The number of carboxylic acids is 1. The number of carboxylic acid groups (broad SMARTS) is 1. The highest BCUT2D eigenvalue weighted by molar-refractivity contribution is 5.96. The van der Waals surface area contributed by atoms with Gasteiger partial charge in [0.15, 0.2) is 0 Å². The minimum atomic E-state index is -0.888. The lowest BCUT2D eigenvalue weighted by atomic mass is 9.84. The van der Waals surface area contributed by atoms with Crippen LogP contribution in [-0.2, 0) is 4.79 Å². The van der Waals surface area contributed by atoms with Crippen molar-refractivity contribution in [1.29, 1.82) is 0 Å². The van der Waals surface area contributed by atoms with E-state index in [4.69, 9.17) is 0 Å². The average Bonchev–Trinajstić information content (AvgIpc) is 2.62. The first-order chi connectivity index (χ1) is 9.11. The van der Waals surface area contributed by atoms with Gasteiger partial charge < -0.3 is 10.4 Å². The zero-order valence-corrected chi connectivity index (χ0v) is 12.7. The van der Waals surface area contributed by atoms with Crippen LogP contribution in [0.1, 0.15) is 48.9 Å². The molecule has 1 aromatic rings. The topological polar surface area (TPSA) is 95.1 Å². The molecule has 6 nitrogen and oxygen atoms in total. The Labute approximate surface area is 119 Å². The second kappa shape index (κ2) is 6.07. The summed E-state index contributed by atoms with van der Waals surface area (Å²) in [5.41, 5.74) is 1.69. The van der Waals surface area contributed by atoms with Gasteiger partial charge in [0.2, 0.25) is 0 Å². The Balaban J connectivity index is 2.69. The number of hydrogen-bond donors (Lipinski definition) is 3. The van der Waals surface area contributed by atoms with Gasteiger partial charge in [0.25, 0.3) is 5.91 Å². The molecule has 1 rings (SSSR count). The maximum Gasteiger partial charge on any atom is 0.308 e. The Morgan fingerprint density at radius 2 is 1.95 bits per heavy atom. The number of nitrogens with one attached hydrogen (secondary N) is 2. The third kappa shape index (κ3) is 4.36. The van der Waals surface area contributed by atoms with E-state index in [0.29, 0.717) is 23.4 Å². The molecule has 1 aromatic heterocycles. The van der Waals surface area contributed by atoms with Crippen molar-refractivity contribution in [2.45, 2.75) is 41.0 Å². The standard InChI is InChI=1S/C14H23N3O3/c1-8-11(9(2)17-16-8)12(18)15-7-10(13(19)20)6-14(3,4)5/h10H,6-7H2,1-5H3,(H,15,18)(H,16,17)(H,19,20). The molecule has 0 fully saturated rings. The summed E-state index contributed by atoms with van der Waals surface area (Å²) in [6.45, 7) is 9.57. The first-order valence-corrected chi connectivity index (χ1v) is 6.64. The van der Waals surface area contributed by atoms with Gasteiger partial charge in [0.05, 0.1) is 17.2 Å². The van der Waals surface area contributed by atoms with Gasteiger partial charge in [-0.3, -0.25) is 14.7 Å². The van der Waals surface area contributed by atoms with Crippen LogP contribution in [0.2, 0.25) is 0 Å². The van der Waals surface area contributed by atoms with Gasteiger partial charge >= 0.3 is 5.97 Å². The summed E-state index contributed by atoms with van der Waals surface area (Å²) < 4.78 is 0. The molecule has 1 amide bonds. The molecule has 20 heavy (non-hydrogen) atoms. The predicted octanol–water partition coefficient (Wildman–Crippen LogP) is 1.89. The Kier molecular flexibility index (Phi) is 4.92. The molecule has 0 radical (unpaired) electrons. The zero-order valence-electron chi connectivity index (χ0n) is 12.7. The molecule has 0 aromatic carbocycles. The monoisotopic (exact) mass is 281 g/mol. The van der Waals surface area contributed by atoms with Crippen LogP contribution in [0.3, 0.4) is 0 Å². The molecule has 0 aliphatic rings. The van der Waals surface area contributed by atoms with Gasteiger partial charge in [-0.05, 0) is 25.7 Å². The van der Waals surface area contributed by atoms with Crippen LogP contribution in [0, 0.1) is 25.2 Å². The quantitative estimate of drug-likeness (QED) is 0.768. The number of nitrogens with zero attached hydrogens (tertiary/aromatic N) is 1. The molecule has 0 aliphatic heterocycles. The Morgan fingerprint density at radius 3 is 2.35 bits per heavy atom. The summed E-state index contributed by atoms with van der Waals surface area (Å²) >= 11 is 0. The van der Waals surface area contributed by atoms with E-state index < -0.39 is 11.9 Å². The number of aliphatic carboxylic acids is 1. The molecule has 112 valence electrons. The van der Waals surface area contributed by atoms with E-state index in [1.54, 1.807) is 13.8 Å². The highest BCUT2D eigenvalue weighted by Crippen LogP contribution is 2.24. The van der Waals surface area contributed by atoms with Crippen LogP contribution in [0.5, 0.6) is 0 Å². The fourth-order valence-electron chi connectivity index (χ4n) is 2.18. The van der Waals surface area contributed by atoms with Crippen LogP contribution in [0.4, 0.5) is 0 Å². The molecule has 0 bridgehead atoms. The molecule has 0 aliphatic carbocycles. The molecule has 1 atom stereocenters. The molecule has 1 heterocycles. The van der Waals surface area contributed by atoms with Crippen molar-refractivity contribution in [3.63, 3.8) is 0 Å². The number of aryl methyl sites for hydroxylation is 2. The molecule has 0 saturated heterocycles. The van der Waals surface area contributed by atoms with Gasteiger partial charge in [-0.25, -0.2) is 0 Å². The van der Waals surface area contributed by atoms with E-state index in [1.165, 1.54) is 0 Å². The molecule has 0 spiro atoms. The molecule has 0 saturated carbocycles. The fourth-order valence-corrected chi connectivity index (χ4v) is 2.18. The van der Waals surface area contributed by atoms with E-state index in [0.717, 1.165) is 0 Å². The van der Waals surface area contributed by atoms with Crippen LogP contribution >= 0.6 is 0 Å². The first kappa shape index (κ1) is 16.2. The van der Waals surface area contributed by atoms with E-state index in [-0.39, 0.29) is 17.9 Å². The Bertz CT molecular complexity index is 481. The van der Waals surface area contributed by atoms with E-state index in [9.17, 15) is 14.7 Å². The largest absolute Gasteiger partial charge is 0.481 e. The third-order valence-corrected chi connectivity index (χ3v) is 3.07. The second-order valence-corrected chi connectivity index (χ2v) is 6.32. The van der Waals surface area contributed by atoms with E-state index in [2.05, 4.69) is 15.5 Å². The number of H-pyrrole nitrogens is 1. The number of carbonyl (C=O) groups excluding carboxylic acids is 1. The summed E-state index contributed by atoms with van der Waals surface area (Å²) in [7, 11) is 0. The van der Waals surface area contributed by atoms with Crippen LogP contribution < -0.4 is 5.32 Å². The van der Waals surface area contributed by atoms with Crippen LogP contribution in [0.15, 0.2) is 0 Å². The number of aromatic amines is 1. The fraction of sp³-hybridized carbons (Fsp3) is 0.643. The van der Waals surface area contributed by atoms with Crippen molar-refractivity contribution in [2.75, 3.05) is 6.54 Å². The Hall–Kier alpha value is -1.85. The van der Waals surface area contributed by atoms with Crippen molar-refractivity contribution in [1.82, 2.24) is 15.5 Å². The summed E-state index contributed by atoms with van der Waals surface area (Å²) in [6.07, 6.45) is 0.506. The molecule has 1 unspecified atom stereocenters. The first-order valence-electron chi connectivity index (χ1n) is 6.64. The van der Waals surface area contributed by atoms with Crippen molar-refractivity contribution in [2.24, 2.45) is 11.3 Å². The average molecular weight is 281 g/mol. The van der Waals surface area contributed by atoms with Gasteiger partial charge in [0.1, 0.15) is 0 Å². The highest BCUT2D eigenvalue weighted by atomic mass is 16.4. The van der Waals surface area contributed by atoms with Crippen molar-refractivity contribution >= 4 is 11.9 Å². The Morgan fingerprint density at radius 1 is 1.35 bits per heavy atom. The van der Waals surface area contributed by atoms with Crippen molar-refractivity contribution < 1.29 is 14.7 Å².